The molecule has 2 N–H and O–H groups in total. The van der Waals surface area contributed by atoms with Crippen molar-refractivity contribution in [3.8, 4) is 0 Å². The van der Waals surface area contributed by atoms with Gasteiger partial charge >= 0.3 is 0 Å². The van der Waals surface area contributed by atoms with Crippen LogP contribution < -0.4 is 0 Å². The summed E-state index contributed by atoms with van der Waals surface area (Å²) in [5, 5.41) is 19.0. The first-order valence-electron chi connectivity index (χ1n) is 6.81. The summed E-state index contributed by atoms with van der Waals surface area (Å²) >= 11 is 0. The van der Waals surface area contributed by atoms with Crippen LogP contribution in [0.2, 0.25) is 0 Å². The van der Waals surface area contributed by atoms with Gasteiger partial charge in [0.25, 0.3) is 0 Å². The molecule has 0 aromatic rings. The highest BCUT2D eigenvalue weighted by atomic mass is 16.3. The van der Waals surface area contributed by atoms with Gasteiger partial charge in [0.05, 0.1) is 12.7 Å². The molecule has 1 heterocycles. The lowest BCUT2D eigenvalue weighted by Crippen LogP contribution is -2.39. The van der Waals surface area contributed by atoms with Gasteiger partial charge in [-0.1, -0.05) is 18.6 Å². The topological polar surface area (TPSA) is 43.7 Å². The van der Waals surface area contributed by atoms with Crippen molar-refractivity contribution in [2.75, 3.05) is 19.7 Å². The van der Waals surface area contributed by atoms with Crippen LogP contribution in [0.3, 0.4) is 0 Å². The van der Waals surface area contributed by atoms with Gasteiger partial charge < -0.3 is 10.2 Å². The lowest BCUT2D eigenvalue weighted by molar-refractivity contribution is 0.130. The number of aliphatic hydroxyl groups is 2. The van der Waals surface area contributed by atoms with Gasteiger partial charge in [-0.15, -0.1) is 0 Å². The maximum atomic E-state index is 9.70. The van der Waals surface area contributed by atoms with Gasteiger partial charge in [-0.05, 0) is 38.0 Å². The molecule has 0 spiro atoms. The molecule has 1 aliphatic carbocycles. The van der Waals surface area contributed by atoms with E-state index in [0.717, 1.165) is 25.4 Å². The van der Waals surface area contributed by atoms with E-state index in [1.165, 1.54) is 18.4 Å². The van der Waals surface area contributed by atoms with Gasteiger partial charge in [0, 0.05) is 19.1 Å². The fourth-order valence-corrected chi connectivity index (χ4v) is 3.32. The smallest absolute Gasteiger partial charge is 0.0683 e. The normalized spacial score (nSPS) is 39.4. The minimum Gasteiger partial charge on any atom is -0.395 e. The van der Waals surface area contributed by atoms with E-state index >= 15 is 0 Å². The van der Waals surface area contributed by atoms with Gasteiger partial charge in [-0.3, -0.25) is 4.90 Å². The summed E-state index contributed by atoms with van der Waals surface area (Å²) in [5.74, 6) is 1.32. The van der Waals surface area contributed by atoms with E-state index < -0.39 is 0 Å². The number of hydrogen-bond donors (Lipinski definition) is 2. The molecule has 3 nitrogen and oxygen atoms in total. The molecule has 3 heteroatoms. The third-order valence-corrected chi connectivity index (χ3v) is 4.51. The molecule has 0 bridgehead atoms. The highest BCUT2D eigenvalue weighted by molar-refractivity contribution is 5.10. The second-order valence-electron chi connectivity index (χ2n) is 5.79. The van der Waals surface area contributed by atoms with Crippen LogP contribution in [-0.4, -0.2) is 47.0 Å². The van der Waals surface area contributed by atoms with E-state index in [-0.39, 0.29) is 18.8 Å². The quantitative estimate of drug-likeness (QED) is 0.732. The van der Waals surface area contributed by atoms with E-state index in [0.29, 0.717) is 5.92 Å². The lowest BCUT2D eigenvalue weighted by Gasteiger charge is -2.34. The minimum absolute atomic E-state index is 0.159. The van der Waals surface area contributed by atoms with Crippen molar-refractivity contribution in [2.45, 2.75) is 45.3 Å². The van der Waals surface area contributed by atoms with E-state index in [1.54, 1.807) is 0 Å². The van der Waals surface area contributed by atoms with Crippen LogP contribution in [0, 0.1) is 11.8 Å². The van der Waals surface area contributed by atoms with Crippen LogP contribution >= 0.6 is 0 Å². The van der Waals surface area contributed by atoms with Crippen LogP contribution in [0.15, 0.2) is 11.6 Å². The molecule has 98 valence electrons. The first-order chi connectivity index (χ1) is 8.11. The summed E-state index contributed by atoms with van der Waals surface area (Å²) in [4.78, 5) is 2.27. The molecule has 2 aliphatic rings. The molecule has 1 saturated heterocycles. The molecule has 17 heavy (non-hydrogen) atoms. The predicted octanol–water partition coefficient (Wildman–Crippen LogP) is 1.41. The highest BCUT2D eigenvalue weighted by Gasteiger charge is 2.33. The second kappa shape index (κ2) is 5.51. The molecular weight excluding hydrogens is 214 g/mol. The van der Waals surface area contributed by atoms with Crippen molar-refractivity contribution in [1.29, 1.82) is 0 Å². The first-order valence-corrected chi connectivity index (χ1v) is 6.81. The monoisotopic (exact) mass is 239 g/mol. The Kier molecular flexibility index (Phi) is 4.23. The Labute approximate surface area is 104 Å². The Balaban J connectivity index is 1.99. The zero-order valence-corrected chi connectivity index (χ0v) is 11.0. The second-order valence-corrected chi connectivity index (χ2v) is 5.79. The third kappa shape index (κ3) is 2.90. The molecule has 1 fully saturated rings. The predicted molar refractivity (Wildman–Crippen MR) is 68.7 cm³/mol. The number of β-amino-alcohol motifs (C(OH)–C–C–N with tert-alkyl or cyclic N) is 1. The number of aliphatic hydroxyl groups excluding tert-OH is 2. The van der Waals surface area contributed by atoms with Crippen LogP contribution in [0.4, 0.5) is 0 Å². The summed E-state index contributed by atoms with van der Waals surface area (Å²) in [6.07, 6.45) is 5.29. The van der Waals surface area contributed by atoms with Gasteiger partial charge in [-0.2, -0.15) is 0 Å². The van der Waals surface area contributed by atoms with E-state index in [9.17, 15) is 10.2 Å². The van der Waals surface area contributed by atoms with Gasteiger partial charge in [0.1, 0.15) is 0 Å². The van der Waals surface area contributed by atoms with Crippen molar-refractivity contribution in [2.24, 2.45) is 11.8 Å². The average Bonchev–Trinajstić information content (AvgIpc) is 2.64. The zero-order chi connectivity index (χ0) is 12.4. The summed E-state index contributed by atoms with van der Waals surface area (Å²) in [7, 11) is 0. The summed E-state index contributed by atoms with van der Waals surface area (Å²) in [6, 6.07) is 0.159. The van der Waals surface area contributed by atoms with Crippen molar-refractivity contribution < 1.29 is 10.2 Å². The Morgan fingerprint density at radius 2 is 2.24 bits per heavy atom. The zero-order valence-electron chi connectivity index (χ0n) is 11.0. The molecule has 2 rings (SSSR count). The summed E-state index contributed by atoms with van der Waals surface area (Å²) in [5.41, 5.74) is 1.49. The van der Waals surface area contributed by atoms with Crippen LogP contribution in [0.5, 0.6) is 0 Å². The van der Waals surface area contributed by atoms with Crippen LogP contribution in [-0.2, 0) is 0 Å². The van der Waals surface area contributed by atoms with Crippen molar-refractivity contribution >= 4 is 0 Å². The standard InChI is InChI=1S/C14H25NO2/c1-10-4-3-5-11(2)14(10)8-15-7-13(17)6-12(15)9-16/h4,11-14,16-17H,3,5-9H2,1-2H3/t11-,12-,13-,14+/m0/s1. The maximum Gasteiger partial charge on any atom is 0.0683 e. The molecule has 0 radical (unpaired) electrons. The fraction of sp³-hybridized carbons (Fsp3) is 0.857. The molecule has 1 aliphatic heterocycles. The SMILES string of the molecule is CC1=CCC[C@H](C)[C@@H]1CN1C[C@@H](O)C[C@H]1CO. The highest BCUT2D eigenvalue weighted by Crippen LogP contribution is 2.32. The van der Waals surface area contributed by atoms with Crippen molar-refractivity contribution in [1.82, 2.24) is 4.90 Å². The summed E-state index contributed by atoms with van der Waals surface area (Å²) < 4.78 is 0. The fourth-order valence-electron chi connectivity index (χ4n) is 3.32. The van der Waals surface area contributed by atoms with Crippen molar-refractivity contribution in [3.05, 3.63) is 11.6 Å². The van der Waals surface area contributed by atoms with Gasteiger partial charge in [0.15, 0.2) is 0 Å². The van der Waals surface area contributed by atoms with E-state index in [1.807, 2.05) is 0 Å². The number of likely N-dealkylation sites (tertiary alicyclic amines) is 1. The van der Waals surface area contributed by atoms with Gasteiger partial charge in [0.2, 0.25) is 0 Å². The molecule has 0 aromatic carbocycles. The molecular formula is C14H25NO2. The number of hydrogen-bond acceptors (Lipinski definition) is 3. The van der Waals surface area contributed by atoms with Gasteiger partial charge in [-0.25, -0.2) is 0 Å². The Morgan fingerprint density at radius 3 is 2.88 bits per heavy atom. The van der Waals surface area contributed by atoms with Crippen molar-refractivity contribution in [3.63, 3.8) is 0 Å². The Hall–Kier alpha value is -0.380. The van der Waals surface area contributed by atoms with Crippen LogP contribution in [0.1, 0.15) is 33.1 Å². The minimum atomic E-state index is -0.254. The number of nitrogens with zero attached hydrogens (tertiary/aromatic N) is 1. The average molecular weight is 239 g/mol. The third-order valence-electron chi connectivity index (χ3n) is 4.51. The largest absolute Gasteiger partial charge is 0.395 e. The lowest BCUT2D eigenvalue weighted by atomic mass is 9.80. The van der Waals surface area contributed by atoms with Crippen LogP contribution in [0.25, 0.3) is 0 Å². The molecule has 4 atom stereocenters. The maximum absolute atomic E-state index is 9.70. The molecule has 0 amide bonds. The summed E-state index contributed by atoms with van der Waals surface area (Å²) in [6.45, 7) is 6.43. The van der Waals surface area contributed by atoms with E-state index in [4.69, 9.17) is 0 Å². The number of allylic oxidation sites excluding steroid dienone is 1. The van der Waals surface area contributed by atoms with E-state index in [2.05, 4.69) is 24.8 Å². The Bertz CT molecular complexity index is 290. The Morgan fingerprint density at radius 1 is 1.47 bits per heavy atom. The number of rotatable bonds is 3. The first kappa shape index (κ1) is 13.1. The molecule has 0 aromatic heterocycles. The molecule has 0 unspecified atom stereocenters. The molecule has 0 saturated carbocycles.